The van der Waals surface area contributed by atoms with Crippen molar-refractivity contribution in [1.29, 1.82) is 0 Å². The van der Waals surface area contributed by atoms with Gasteiger partial charge < -0.3 is 4.90 Å². The summed E-state index contributed by atoms with van der Waals surface area (Å²) in [5, 5.41) is 0. The second kappa shape index (κ2) is 17.2. The minimum absolute atomic E-state index is 0.0344. The van der Waals surface area contributed by atoms with Crippen LogP contribution in [0.4, 0.5) is 17.1 Å². The van der Waals surface area contributed by atoms with Crippen LogP contribution in [0.2, 0.25) is 0 Å². The van der Waals surface area contributed by atoms with Crippen molar-refractivity contribution in [2.24, 2.45) is 0 Å². The molecule has 0 atom stereocenters. The molecule has 2 aliphatic carbocycles. The molecular weight excluding hydrogens is 843 g/mol. The molecule has 0 aliphatic heterocycles. The molecule has 0 saturated heterocycles. The Bertz CT molecular complexity index is 3440. The molecule has 338 valence electrons. The first-order valence-electron chi connectivity index (χ1n) is 25.0. The van der Waals surface area contributed by atoms with Gasteiger partial charge in [0.1, 0.15) is 0 Å². The number of fused-ring (bicyclic) bond motifs is 4. The van der Waals surface area contributed by atoms with Crippen molar-refractivity contribution in [3.63, 3.8) is 0 Å². The fraction of sp³-hybridized carbons (Fsp3) is 0.130. The molecule has 10 aromatic carbocycles. The number of benzene rings is 10. The summed E-state index contributed by atoms with van der Waals surface area (Å²) in [7, 11) is 0. The number of hydrogen-bond acceptors (Lipinski definition) is 1. The summed E-state index contributed by atoms with van der Waals surface area (Å²) < 4.78 is 0. The molecule has 0 spiro atoms. The Kier molecular flexibility index (Phi) is 10.6. The molecule has 0 heterocycles. The van der Waals surface area contributed by atoms with Crippen LogP contribution in [0.25, 0.3) is 55.6 Å². The highest BCUT2D eigenvalue weighted by Crippen LogP contribution is 2.60. The molecule has 2 aliphatic rings. The second-order valence-corrected chi connectivity index (χ2v) is 20.7. The van der Waals surface area contributed by atoms with Crippen molar-refractivity contribution in [2.75, 3.05) is 4.90 Å². The van der Waals surface area contributed by atoms with Gasteiger partial charge in [-0.25, -0.2) is 0 Å². The summed E-state index contributed by atoms with van der Waals surface area (Å²) in [5.74, 6) is 0. The molecule has 0 aromatic heterocycles. The third-order valence-corrected chi connectivity index (χ3v) is 15.6. The maximum absolute atomic E-state index is 2.58. The Morgan fingerprint density at radius 2 is 0.700 bits per heavy atom. The van der Waals surface area contributed by atoms with Crippen LogP contribution in [0, 0.1) is 0 Å². The molecule has 0 radical (unpaired) electrons. The molecular formula is C69H57N. The maximum Gasteiger partial charge on any atom is 0.0714 e. The average Bonchev–Trinajstić information content (AvgIpc) is 3.71. The van der Waals surface area contributed by atoms with Gasteiger partial charge >= 0.3 is 0 Å². The van der Waals surface area contributed by atoms with E-state index in [1.165, 1.54) is 89.0 Å². The number of nitrogens with zero attached hydrogens (tertiary/aromatic N) is 1. The van der Waals surface area contributed by atoms with Gasteiger partial charge in [-0.15, -0.1) is 0 Å². The van der Waals surface area contributed by atoms with Crippen molar-refractivity contribution >= 4 is 17.1 Å². The van der Waals surface area contributed by atoms with Crippen LogP contribution in [0.3, 0.4) is 0 Å². The predicted molar refractivity (Wildman–Crippen MR) is 295 cm³/mol. The first-order valence-corrected chi connectivity index (χ1v) is 25.0. The lowest BCUT2D eigenvalue weighted by Crippen LogP contribution is -2.34. The van der Waals surface area contributed by atoms with Crippen molar-refractivity contribution in [3.05, 3.63) is 282 Å². The Hall–Kier alpha value is -8.00. The van der Waals surface area contributed by atoms with Crippen molar-refractivity contribution in [1.82, 2.24) is 0 Å². The van der Waals surface area contributed by atoms with Gasteiger partial charge in [-0.2, -0.15) is 0 Å². The van der Waals surface area contributed by atoms with E-state index in [1.54, 1.807) is 0 Å². The van der Waals surface area contributed by atoms with Crippen LogP contribution >= 0.6 is 0 Å². The van der Waals surface area contributed by atoms with Crippen LogP contribution < -0.4 is 4.90 Å². The zero-order chi connectivity index (χ0) is 47.5. The quantitative estimate of drug-likeness (QED) is 0.140. The van der Waals surface area contributed by atoms with Crippen molar-refractivity contribution < 1.29 is 0 Å². The molecule has 1 heteroatoms. The summed E-state index contributed by atoms with van der Waals surface area (Å²) in [6.07, 6.45) is 2.27. The Labute approximate surface area is 414 Å². The topological polar surface area (TPSA) is 3.24 Å². The van der Waals surface area contributed by atoms with E-state index in [0.717, 1.165) is 29.9 Å². The van der Waals surface area contributed by atoms with Gasteiger partial charge in [0, 0.05) is 16.9 Å². The third-order valence-electron chi connectivity index (χ3n) is 15.6. The molecule has 0 fully saturated rings. The number of hydrogen-bond donors (Lipinski definition) is 0. The van der Waals surface area contributed by atoms with Gasteiger partial charge in [-0.1, -0.05) is 240 Å². The smallest absolute Gasteiger partial charge is 0.0714 e. The summed E-state index contributed by atoms with van der Waals surface area (Å²) in [5.41, 5.74) is 23.1. The van der Waals surface area contributed by atoms with E-state index in [2.05, 4.69) is 281 Å². The lowest BCUT2D eigenvalue weighted by molar-refractivity contribution is 0.333. The zero-order valence-corrected chi connectivity index (χ0v) is 40.5. The monoisotopic (exact) mass is 899 g/mol. The minimum atomic E-state index is -0.572. The molecule has 0 saturated carbocycles. The van der Waals surface area contributed by atoms with Gasteiger partial charge in [0.05, 0.1) is 11.1 Å². The van der Waals surface area contributed by atoms with Crippen molar-refractivity contribution in [2.45, 2.75) is 56.8 Å². The highest BCUT2D eigenvalue weighted by molar-refractivity contribution is 5.98. The van der Waals surface area contributed by atoms with Crippen molar-refractivity contribution in [3.8, 4) is 55.6 Å². The first-order chi connectivity index (χ1) is 34.2. The van der Waals surface area contributed by atoms with E-state index in [4.69, 9.17) is 0 Å². The zero-order valence-electron chi connectivity index (χ0n) is 40.5. The highest BCUT2D eigenvalue weighted by Gasteiger charge is 2.47. The third kappa shape index (κ3) is 7.23. The van der Waals surface area contributed by atoms with Crippen LogP contribution in [0.15, 0.2) is 249 Å². The Balaban J connectivity index is 1.14. The van der Waals surface area contributed by atoms with Gasteiger partial charge in [0.2, 0.25) is 0 Å². The first kappa shape index (κ1) is 43.3. The van der Waals surface area contributed by atoms with Crippen LogP contribution in [-0.4, -0.2) is 0 Å². The Morgan fingerprint density at radius 3 is 1.21 bits per heavy atom. The molecule has 0 N–H and O–H groups in total. The SMILES string of the molecule is CC1(C)CCC(C)(C)c2c(-c3cc4c(cc3N(c3ccc(-c5ccccc5)cc3)c3ccc(-c5ccc(-c6ccccc6)cc5)cc3)C(c3ccccc3)(c3ccccc3)c3ccccc3-4)cccc21. The average molecular weight is 900 g/mol. The lowest BCUT2D eigenvalue weighted by Gasteiger charge is -2.43. The normalized spacial score (nSPS) is 14.8. The fourth-order valence-corrected chi connectivity index (χ4v) is 12.0. The predicted octanol–water partition coefficient (Wildman–Crippen LogP) is 18.5. The molecule has 70 heavy (non-hydrogen) atoms. The maximum atomic E-state index is 2.58. The number of anilines is 3. The summed E-state index contributed by atoms with van der Waals surface area (Å²) in [6.45, 7) is 9.81. The van der Waals surface area contributed by atoms with Gasteiger partial charge in [0.15, 0.2) is 0 Å². The summed E-state index contributed by atoms with van der Waals surface area (Å²) in [4.78, 5) is 2.54. The minimum Gasteiger partial charge on any atom is -0.310 e. The Morgan fingerprint density at radius 1 is 0.300 bits per heavy atom. The summed E-state index contributed by atoms with van der Waals surface area (Å²) in [6, 6.07) is 92.7. The van der Waals surface area contributed by atoms with E-state index in [0.29, 0.717) is 0 Å². The van der Waals surface area contributed by atoms with Gasteiger partial charge in [-0.3, -0.25) is 0 Å². The van der Waals surface area contributed by atoms with E-state index in [9.17, 15) is 0 Å². The standard InChI is InChI=1S/C69H57N/c1-67(2)44-45-68(3,4)66-59(29-19-31-63(66)67)61-46-60-58-28-17-18-30-62(58)69(54-24-13-7-14-25-54,55-26-15-8-16-27-55)64(60)47-65(61)70(56-40-36-52(37-41-56)49-22-11-6-12-23-49)57-42-38-53(39-43-57)51-34-32-50(33-35-51)48-20-9-5-10-21-48/h5-43,46-47H,44-45H2,1-4H3. The lowest BCUT2D eigenvalue weighted by atomic mass is 9.61. The van der Waals surface area contributed by atoms with Crippen LogP contribution in [0.5, 0.6) is 0 Å². The second-order valence-electron chi connectivity index (χ2n) is 20.7. The highest BCUT2D eigenvalue weighted by atomic mass is 15.1. The number of rotatable bonds is 9. The molecule has 0 unspecified atom stereocenters. The largest absolute Gasteiger partial charge is 0.310 e. The molecule has 0 amide bonds. The molecule has 12 rings (SSSR count). The van der Waals surface area contributed by atoms with E-state index in [-0.39, 0.29) is 10.8 Å². The van der Waals surface area contributed by atoms with E-state index >= 15 is 0 Å². The van der Waals surface area contributed by atoms with Crippen LogP contribution in [0.1, 0.15) is 73.9 Å². The van der Waals surface area contributed by atoms with Gasteiger partial charge in [0.25, 0.3) is 0 Å². The van der Waals surface area contributed by atoms with E-state index in [1.807, 2.05) is 0 Å². The van der Waals surface area contributed by atoms with Crippen LogP contribution in [-0.2, 0) is 16.2 Å². The van der Waals surface area contributed by atoms with E-state index < -0.39 is 5.41 Å². The van der Waals surface area contributed by atoms with Gasteiger partial charge in [-0.05, 0) is 144 Å². The molecule has 10 aromatic rings. The fourth-order valence-electron chi connectivity index (χ4n) is 12.0. The summed E-state index contributed by atoms with van der Waals surface area (Å²) >= 11 is 0. The molecule has 1 nitrogen and oxygen atoms in total. The molecule has 0 bridgehead atoms.